The topological polar surface area (TPSA) is 39.7 Å². The molecule has 1 saturated heterocycles. The summed E-state index contributed by atoms with van der Waals surface area (Å²) in [7, 11) is 3.39. The van der Waals surface area contributed by atoms with Gasteiger partial charge in [0.2, 0.25) is 0 Å². The molecule has 0 amide bonds. The molecule has 0 aliphatic carbocycles. The van der Waals surface area contributed by atoms with Crippen LogP contribution >= 0.6 is 0 Å². The maximum atomic E-state index is 5.56. The first-order chi connectivity index (χ1) is 10.3. The first kappa shape index (κ1) is 16.1. The minimum Gasteiger partial charge on any atom is -0.497 e. The third-order valence-electron chi connectivity index (χ3n) is 4.05. The molecule has 1 aromatic rings. The number of rotatable bonds is 8. The van der Waals surface area contributed by atoms with Crippen LogP contribution in [0.25, 0.3) is 0 Å². The van der Waals surface area contributed by atoms with Crippen LogP contribution in [0.15, 0.2) is 18.2 Å². The monoisotopic (exact) mass is 293 g/mol. The molecule has 1 aromatic carbocycles. The molecule has 1 aliphatic heterocycles. The van der Waals surface area contributed by atoms with Gasteiger partial charge in [0, 0.05) is 30.9 Å². The molecule has 0 bridgehead atoms. The van der Waals surface area contributed by atoms with Gasteiger partial charge in [-0.15, -0.1) is 0 Å². The molecular formula is C17H27NO3. The smallest absolute Gasteiger partial charge is 0.127 e. The quantitative estimate of drug-likeness (QED) is 0.799. The first-order valence-electron chi connectivity index (χ1n) is 7.81. The fourth-order valence-electron chi connectivity index (χ4n) is 2.85. The summed E-state index contributed by atoms with van der Waals surface area (Å²) in [6, 6.07) is 6.38. The van der Waals surface area contributed by atoms with E-state index in [1.54, 1.807) is 14.2 Å². The zero-order valence-corrected chi connectivity index (χ0v) is 13.4. The Bertz CT molecular complexity index is 430. The van der Waals surface area contributed by atoms with Crippen LogP contribution in [-0.4, -0.2) is 34.0 Å². The van der Waals surface area contributed by atoms with E-state index in [9.17, 15) is 0 Å². The van der Waals surface area contributed by atoms with Crippen LogP contribution in [0.4, 0.5) is 0 Å². The van der Waals surface area contributed by atoms with E-state index >= 15 is 0 Å². The molecule has 2 atom stereocenters. The SMILES string of the molecule is CCCNC(CC1CCOC1)c1ccc(OC)cc1OC. The average molecular weight is 293 g/mol. The number of benzene rings is 1. The zero-order chi connectivity index (χ0) is 15.1. The lowest BCUT2D eigenvalue weighted by atomic mass is 9.93. The molecular weight excluding hydrogens is 266 g/mol. The van der Waals surface area contributed by atoms with Crippen LogP contribution in [0.5, 0.6) is 11.5 Å². The Labute approximate surface area is 127 Å². The molecule has 4 heteroatoms. The highest BCUT2D eigenvalue weighted by molar-refractivity contribution is 5.42. The van der Waals surface area contributed by atoms with Gasteiger partial charge in [0.15, 0.2) is 0 Å². The molecule has 118 valence electrons. The molecule has 2 rings (SSSR count). The van der Waals surface area contributed by atoms with Crippen LogP contribution in [0.2, 0.25) is 0 Å². The third-order valence-corrected chi connectivity index (χ3v) is 4.05. The largest absolute Gasteiger partial charge is 0.497 e. The van der Waals surface area contributed by atoms with E-state index in [0.717, 1.165) is 50.5 Å². The van der Waals surface area contributed by atoms with Crippen LogP contribution in [0, 0.1) is 5.92 Å². The summed E-state index contributed by atoms with van der Waals surface area (Å²) >= 11 is 0. The fourth-order valence-corrected chi connectivity index (χ4v) is 2.85. The van der Waals surface area contributed by atoms with Gasteiger partial charge < -0.3 is 19.5 Å². The molecule has 1 heterocycles. The van der Waals surface area contributed by atoms with Crippen molar-refractivity contribution in [1.29, 1.82) is 0 Å². The third kappa shape index (κ3) is 4.35. The van der Waals surface area contributed by atoms with Crippen LogP contribution in [0.3, 0.4) is 0 Å². The Kier molecular flexibility index (Phi) is 6.33. The van der Waals surface area contributed by atoms with Gasteiger partial charge >= 0.3 is 0 Å². The Morgan fingerprint density at radius 2 is 2.19 bits per heavy atom. The molecule has 0 spiro atoms. The Hall–Kier alpha value is -1.26. The normalized spacial score (nSPS) is 19.5. The maximum absolute atomic E-state index is 5.56. The van der Waals surface area contributed by atoms with E-state index in [2.05, 4.69) is 18.3 Å². The van der Waals surface area contributed by atoms with Crippen molar-refractivity contribution in [2.24, 2.45) is 5.92 Å². The highest BCUT2D eigenvalue weighted by Crippen LogP contribution is 2.34. The molecule has 1 N–H and O–H groups in total. The second kappa shape index (κ2) is 8.25. The van der Waals surface area contributed by atoms with Crippen molar-refractivity contribution in [3.8, 4) is 11.5 Å². The van der Waals surface area contributed by atoms with Gasteiger partial charge in [0.05, 0.1) is 14.2 Å². The number of hydrogen-bond acceptors (Lipinski definition) is 4. The first-order valence-corrected chi connectivity index (χ1v) is 7.81. The fraction of sp³-hybridized carbons (Fsp3) is 0.647. The van der Waals surface area contributed by atoms with Crippen molar-refractivity contribution >= 4 is 0 Å². The Morgan fingerprint density at radius 1 is 1.33 bits per heavy atom. The van der Waals surface area contributed by atoms with Crippen molar-refractivity contribution in [3.63, 3.8) is 0 Å². The number of hydrogen-bond donors (Lipinski definition) is 1. The Balaban J connectivity index is 2.17. The van der Waals surface area contributed by atoms with Gasteiger partial charge in [-0.3, -0.25) is 0 Å². The van der Waals surface area contributed by atoms with Crippen LogP contribution in [-0.2, 0) is 4.74 Å². The predicted octanol–water partition coefficient (Wildman–Crippen LogP) is 3.17. The second-order valence-corrected chi connectivity index (χ2v) is 5.58. The van der Waals surface area contributed by atoms with E-state index in [1.807, 2.05) is 12.1 Å². The summed E-state index contributed by atoms with van der Waals surface area (Å²) in [5.41, 5.74) is 1.21. The minimum atomic E-state index is 0.303. The van der Waals surface area contributed by atoms with E-state index in [-0.39, 0.29) is 0 Å². The predicted molar refractivity (Wildman–Crippen MR) is 84.1 cm³/mol. The second-order valence-electron chi connectivity index (χ2n) is 5.58. The van der Waals surface area contributed by atoms with Gasteiger partial charge in [0.1, 0.15) is 11.5 Å². The highest BCUT2D eigenvalue weighted by Gasteiger charge is 2.23. The summed E-state index contributed by atoms with van der Waals surface area (Å²) in [5.74, 6) is 2.35. The summed E-state index contributed by atoms with van der Waals surface area (Å²) in [6.45, 7) is 4.97. The summed E-state index contributed by atoms with van der Waals surface area (Å²) in [5, 5.41) is 3.65. The molecule has 1 aliphatic rings. The summed E-state index contributed by atoms with van der Waals surface area (Å²) < 4.78 is 16.4. The van der Waals surface area contributed by atoms with Gasteiger partial charge in [-0.1, -0.05) is 13.0 Å². The molecule has 0 aromatic heterocycles. The van der Waals surface area contributed by atoms with E-state index in [1.165, 1.54) is 5.56 Å². The Morgan fingerprint density at radius 3 is 2.81 bits per heavy atom. The van der Waals surface area contributed by atoms with E-state index in [0.29, 0.717) is 12.0 Å². The minimum absolute atomic E-state index is 0.303. The van der Waals surface area contributed by atoms with Crippen molar-refractivity contribution in [2.75, 3.05) is 34.0 Å². The van der Waals surface area contributed by atoms with E-state index < -0.39 is 0 Å². The lowest BCUT2D eigenvalue weighted by molar-refractivity contribution is 0.181. The van der Waals surface area contributed by atoms with Crippen molar-refractivity contribution in [1.82, 2.24) is 5.32 Å². The number of nitrogens with one attached hydrogen (secondary N) is 1. The molecule has 1 fully saturated rings. The molecule has 2 unspecified atom stereocenters. The number of methoxy groups -OCH3 is 2. The molecule has 4 nitrogen and oxygen atoms in total. The lowest BCUT2D eigenvalue weighted by Crippen LogP contribution is -2.25. The maximum Gasteiger partial charge on any atom is 0.127 e. The summed E-state index contributed by atoms with van der Waals surface area (Å²) in [4.78, 5) is 0. The van der Waals surface area contributed by atoms with E-state index in [4.69, 9.17) is 14.2 Å². The molecule has 21 heavy (non-hydrogen) atoms. The van der Waals surface area contributed by atoms with Crippen LogP contribution < -0.4 is 14.8 Å². The standard InChI is InChI=1S/C17H27NO3/c1-4-8-18-16(10-13-7-9-21-12-13)15-6-5-14(19-2)11-17(15)20-3/h5-6,11,13,16,18H,4,7-10,12H2,1-3H3. The van der Waals surface area contributed by atoms with Gasteiger partial charge in [-0.25, -0.2) is 0 Å². The van der Waals surface area contributed by atoms with Crippen molar-refractivity contribution < 1.29 is 14.2 Å². The highest BCUT2D eigenvalue weighted by atomic mass is 16.5. The lowest BCUT2D eigenvalue weighted by Gasteiger charge is -2.24. The number of ether oxygens (including phenoxy) is 3. The van der Waals surface area contributed by atoms with Gasteiger partial charge in [-0.05, 0) is 37.8 Å². The van der Waals surface area contributed by atoms with Gasteiger partial charge in [0.25, 0.3) is 0 Å². The average Bonchev–Trinajstić information content (AvgIpc) is 3.03. The van der Waals surface area contributed by atoms with Gasteiger partial charge in [-0.2, -0.15) is 0 Å². The van der Waals surface area contributed by atoms with Crippen LogP contribution in [0.1, 0.15) is 37.8 Å². The van der Waals surface area contributed by atoms with Crippen molar-refractivity contribution in [2.45, 2.75) is 32.2 Å². The van der Waals surface area contributed by atoms with Crippen molar-refractivity contribution in [3.05, 3.63) is 23.8 Å². The summed E-state index contributed by atoms with van der Waals surface area (Å²) in [6.07, 6.45) is 3.36. The zero-order valence-electron chi connectivity index (χ0n) is 13.4. The molecule has 0 radical (unpaired) electrons. The molecule has 0 saturated carbocycles.